The van der Waals surface area contributed by atoms with Gasteiger partial charge in [-0.05, 0) is 55.2 Å². The third kappa shape index (κ3) is 4.18. The molecule has 0 N–H and O–H groups in total. The van der Waals surface area contributed by atoms with E-state index < -0.39 is 0 Å². The topological polar surface area (TPSA) is 40.6 Å². The standard InChI is InChI=1S/C25H32N2O2S/c1-3-18(2)27(25(29)20-11-7-8-12-20)17-23(28)26-15-13-22-21(14-16-30-22)24(26)19-9-5-4-6-10-19/h4-6,9-10,14,16,18,20,24H,3,7-8,11-13,15,17H2,1-2H3/t18-,24+/m0/s1. The van der Waals surface area contributed by atoms with E-state index in [4.69, 9.17) is 0 Å². The number of carbonyl (C=O) groups is 2. The molecule has 5 heteroatoms. The van der Waals surface area contributed by atoms with Crippen LogP contribution in [-0.2, 0) is 16.0 Å². The maximum absolute atomic E-state index is 13.6. The Bertz CT molecular complexity index is 872. The van der Waals surface area contributed by atoms with E-state index >= 15 is 0 Å². The molecule has 2 amide bonds. The third-order valence-corrected chi connectivity index (χ3v) is 7.81. The van der Waals surface area contributed by atoms with E-state index in [1.165, 1.54) is 10.4 Å². The van der Waals surface area contributed by atoms with E-state index in [-0.39, 0.29) is 36.4 Å². The lowest BCUT2D eigenvalue weighted by Gasteiger charge is -2.39. The van der Waals surface area contributed by atoms with E-state index in [2.05, 4.69) is 37.4 Å². The molecular formula is C25H32N2O2S. The lowest BCUT2D eigenvalue weighted by molar-refractivity contribution is -0.145. The molecule has 1 aliphatic carbocycles. The Kier molecular flexibility index (Phi) is 6.57. The maximum atomic E-state index is 13.6. The largest absolute Gasteiger partial charge is 0.330 e. The van der Waals surface area contributed by atoms with Crippen molar-refractivity contribution >= 4 is 23.2 Å². The Balaban J connectivity index is 1.59. The van der Waals surface area contributed by atoms with Gasteiger partial charge < -0.3 is 9.80 Å². The normalized spacial score (nSPS) is 20.1. The van der Waals surface area contributed by atoms with E-state index in [9.17, 15) is 9.59 Å². The molecule has 0 spiro atoms. The van der Waals surface area contributed by atoms with Crippen LogP contribution >= 0.6 is 11.3 Å². The van der Waals surface area contributed by atoms with Crippen LogP contribution in [0.15, 0.2) is 41.8 Å². The summed E-state index contributed by atoms with van der Waals surface area (Å²) in [7, 11) is 0. The molecule has 0 unspecified atom stereocenters. The summed E-state index contributed by atoms with van der Waals surface area (Å²) in [6, 6.07) is 12.5. The number of fused-ring (bicyclic) bond motifs is 1. The zero-order chi connectivity index (χ0) is 21.1. The van der Waals surface area contributed by atoms with Crippen molar-refractivity contribution in [1.29, 1.82) is 0 Å². The van der Waals surface area contributed by atoms with Crippen LogP contribution in [0.3, 0.4) is 0 Å². The number of rotatable bonds is 6. The van der Waals surface area contributed by atoms with Crippen molar-refractivity contribution in [1.82, 2.24) is 9.80 Å². The molecule has 4 nitrogen and oxygen atoms in total. The Hall–Kier alpha value is -2.14. The molecule has 160 valence electrons. The monoisotopic (exact) mass is 424 g/mol. The smallest absolute Gasteiger partial charge is 0.243 e. The Morgan fingerprint density at radius 1 is 1.17 bits per heavy atom. The average Bonchev–Trinajstić information content (AvgIpc) is 3.48. The highest BCUT2D eigenvalue weighted by atomic mass is 32.1. The lowest BCUT2D eigenvalue weighted by atomic mass is 9.93. The number of hydrogen-bond acceptors (Lipinski definition) is 3. The fraction of sp³-hybridized carbons (Fsp3) is 0.520. The van der Waals surface area contributed by atoms with Gasteiger partial charge >= 0.3 is 0 Å². The third-order valence-electron chi connectivity index (χ3n) is 6.82. The van der Waals surface area contributed by atoms with Crippen molar-refractivity contribution in [2.75, 3.05) is 13.1 Å². The quantitative estimate of drug-likeness (QED) is 0.652. The van der Waals surface area contributed by atoms with Gasteiger partial charge in [-0.1, -0.05) is 50.1 Å². The number of nitrogens with zero attached hydrogens (tertiary/aromatic N) is 2. The number of thiophene rings is 1. The van der Waals surface area contributed by atoms with Crippen LogP contribution in [-0.4, -0.2) is 40.7 Å². The van der Waals surface area contributed by atoms with Gasteiger partial charge in [0, 0.05) is 23.4 Å². The van der Waals surface area contributed by atoms with E-state index in [0.717, 1.165) is 44.1 Å². The van der Waals surface area contributed by atoms with Crippen LogP contribution in [0.2, 0.25) is 0 Å². The molecule has 0 bridgehead atoms. The first-order valence-corrected chi connectivity index (χ1v) is 12.2. The number of benzene rings is 1. The van der Waals surface area contributed by atoms with Crippen molar-refractivity contribution < 1.29 is 9.59 Å². The molecule has 2 heterocycles. The van der Waals surface area contributed by atoms with Crippen LogP contribution in [0.5, 0.6) is 0 Å². The van der Waals surface area contributed by atoms with Gasteiger partial charge in [0.2, 0.25) is 11.8 Å². The first kappa shape index (κ1) is 21.1. The molecule has 30 heavy (non-hydrogen) atoms. The average molecular weight is 425 g/mol. The summed E-state index contributed by atoms with van der Waals surface area (Å²) in [4.78, 5) is 32.1. The number of amides is 2. The highest BCUT2D eigenvalue weighted by molar-refractivity contribution is 7.10. The molecule has 2 atom stereocenters. The van der Waals surface area contributed by atoms with E-state index in [0.29, 0.717) is 6.54 Å². The number of carbonyl (C=O) groups excluding carboxylic acids is 2. The summed E-state index contributed by atoms with van der Waals surface area (Å²) in [6.07, 6.45) is 5.94. The first-order chi connectivity index (χ1) is 14.6. The van der Waals surface area contributed by atoms with Crippen molar-refractivity contribution in [3.05, 3.63) is 57.8 Å². The van der Waals surface area contributed by atoms with Gasteiger partial charge in [0.05, 0.1) is 6.04 Å². The van der Waals surface area contributed by atoms with Crippen LogP contribution in [0.1, 0.15) is 68.0 Å². The van der Waals surface area contributed by atoms with Gasteiger partial charge in [-0.3, -0.25) is 9.59 Å². The molecule has 1 fully saturated rings. The SMILES string of the molecule is CC[C@H](C)N(CC(=O)N1CCc2sccc2[C@H]1c1ccccc1)C(=O)C1CCCC1. The minimum Gasteiger partial charge on any atom is -0.330 e. The second kappa shape index (κ2) is 9.34. The van der Waals surface area contributed by atoms with Crippen LogP contribution in [0.25, 0.3) is 0 Å². The maximum Gasteiger partial charge on any atom is 0.243 e. The van der Waals surface area contributed by atoms with Gasteiger partial charge in [-0.25, -0.2) is 0 Å². The van der Waals surface area contributed by atoms with Gasteiger partial charge in [0.15, 0.2) is 0 Å². The van der Waals surface area contributed by atoms with Crippen LogP contribution < -0.4 is 0 Å². The van der Waals surface area contributed by atoms with Gasteiger partial charge in [0.25, 0.3) is 0 Å². The summed E-state index contributed by atoms with van der Waals surface area (Å²) in [6.45, 7) is 5.06. The summed E-state index contributed by atoms with van der Waals surface area (Å²) in [5.41, 5.74) is 2.38. The first-order valence-electron chi connectivity index (χ1n) is 11.3. The molecule has 1 aliphatic heterocycles. The van der Waals surface area contributed by atoms with Crippen molar-refractivity contribution in [2.24, 2.45) is 5.92 Å². The van der Waals surface area contributed by atoms with Gasteiger partial charge in [-0.15, -0.1) is 11.3 Å². The van der Waals surface area contributed by atoms with Crippen LogP contribution in [0, 0.1) is 5.92 Å². The molecule has 4 rings (SSSR count). The molecule has 2 aliphatic rings. The summed E-state index contributed by atoms with van der Waals surface area (Å²) in [5.74, 6) is 0.341. The fourth-order valence-electron chi connectivity index (χ4n) is 4.90. The zero-order valence-electron chi connectivity index (χ0n) is 18.0. The summed E-state index contributed by atoms with van der Waals surface area (Å²) >= 11 is 1.78. The second-order valence-corrected chi connectivity index (χ2v) is 9.65. The van der Waals surface area contributed by atoms with Gasteiger partial charge in [-0.2, -0.15) is 0 Å². The predicted octanol–water partition coefficient (Wildman–Crippen LogP) is 5.04. The minimum absolute atomic E-state index is 0.0611. The molecule has 1 aromatic heterocycles. The molecular weight excluding hydrogens is 392 g/mol. The Morgan fingerprint density at radius 2 is 1.90 bits per heavy atom. The summed E-state index contributed by atoms with van der Waals surface area (Å²) in [5, 5.41) is 2.13. The summed E-state index contributed by atoms with van der Waals surface area (Å²) < 4.78 is 0. The van der Waals surface area contributed by atoms with Crippen molar-refractivity contribution in [3.63, 3.8) is 0 Å². The molecule has 1 saturated carbocycles. The Labute approximate surface area is 183 Å². The Morgan fingerprint density at radius 3 is 2.60 bits per heavy atom. The van der Waals surface area contributed by atoms with E-state index in [1.54, 1.807) is 11.3 Å². The molecule has 0 radical (unpaired) electrons. The molecule has 1 aromatic carbocycles. The van der Waals surface area contributed by atoms with E-state index in [1.807, 2.05) is 28.0 Å². The fourth-order valence-corrected chi connectivity index (χ4v) is 5.80. The second-order valence-electron chi connectivity index (χ2n) is 8.65. The van der Waals surface area contributed by atoms with Crippen molar-refractivity contribution in [2.45, 2.75) is 64.5 Å². The highest BCUT2D eigenvalue weighted by Crippen LogP contribution is 2.38. The minimum atomic E-state index is -0.0611. The predicted molar refractivity (Wildman–Crippen MR) is 121 cm³/mol. The van der Waals surface area contributed by atoms with Crippen LogP contribution in [0.4, 0.5) is 0 Å². The van der Waals surface area contributed by atoms with Crippen molar-refractivity contribution in [3.8, 4) is 0 Å². The van der Waals surface area contributed by atoms with Gasteiger partial charge in [0.1, 0.15) is 6.54 Å². The zero-order valence-corrected chi connectivity index (χ0v) is 18.9. The highest BCUT2D eigenvalue weighted by Gasteiger charge is 2.36. The number of hydrogen-bond donors (Lipinski definition) is 0. The lowest BCUT2D eigenvalue weighted by Crippen LogP contribution is -2.50. The molecule has 0 saturated heterocycles. The molecule has 2 aromatic rings.